The third kappa shape index (κ3) is 5.49. The van der Waals surface area contributed by atoms with Crippen molar-refractivity contribution in [2.24, 2.45) is 17.6 Å². The molecule has 1 saturated carbocycles. The number of hydrogen-bond donors (Lipinski definition) is 2. The van der Waals surface area contributed by atoms with E-state index in [1.807, 2.05) is 0 Å². The molecule has 0 radical (unpaired) electrons. The summed E-state index contributed by atoms with van der Waals surface area (Å²) < 4.78 is 5.32. The van der Waals surface area contributed by atoms with E-state index in [0.717, 1.165) is 51.9 Å². The Morgan fingerprint density at radius 2 is 1.95 bits per heavy atom. The van der Waals surface area contributed by atoms with Crippen LogP contribution in [0.15, 0.2) is 0 Å². The van der Waals surface area contributed by atoms with Crippen LogP contribution in [0.25, 0.3) is 0 Å². The molecule has 2 fully saturated rings. The summed E-state index contributed by atoms with van der Waals surface area (Å²) in [6.07, 6.45) is 8.58. The first kappa shape index (κ1) is 14.8. The Bertz CT molecular complexity index is 277. The van der Waals surface area contributed by atoms with Gasteiger partial charge in [-0.2, -0.15) is 0 Å². The predicted octanol–water partition coefficient (Wildman–Crippen LogP) is 1.83. The summed E-state index contributed by atoms with van der Waals surface area (Å²) in [4.78, 5) is 11.8. The zero-order valence-corrected chi connectivity index (χ0v) is 11.9. The number of ether oxygens (including phenoxy) is 1. The molecule has 1 aliphatic carbocycles. The third-order valence-corrected chi connectivity index (χ3v) is 4.53. The standard InChI is InChI=1S/C15H28N2O2/c16-14-3-1-2-12(10-14)4-5-15(18)17-11-13-6-8-19-9-7-13/h12-14H,1-11,16H2,(H,17,18). The molecule has 1 aliphatic heterocycles. The Morgan fingerprint density at radius 1 is 1.16 bits per heavy atom. The minimum absolute atomic E-state index is 0.214. The normalized spacial score (nSPS) is 29.1. The summed E-state index contributed by atoms with van der Waals surface area (Å²) in [6.45, 7) is 2.52. The van der Waals surface area contributed by atoms with Gasteiger partial charge in [0.15, 0.2) is 0 Å². The minimum Gasteiger partial charge on any atom is -0.381 e. The van der Waals surface area contributed by atoms with Crippen LogP contribution in [0.3, 0.4) is 0 Å². The highest BCUT2D eigenvalue weighted by molar-refractivity contribution is 5.75. The van der Waals surface area contributed by atoms with Crippen LogP contribution < -0.4 is 11.1 Å². The van der Waals surface area contributed by atoms with Crippen LogP contribution in [-0.2, 0) is 9.53 Å². The van der Waals surface area contributed by atoms with E-state index in [1.54, 1.807) is 0 Å². The molecule has 0 aromatic carbocycles. The Kier molecular flexibility index (Phi) is 6.11. The fourth-order valence-corrected chi connectivity index (χ4v) is 3.23. The smallest absolute Gasteiger partial charge is 0.220 e. The van der Waals surface area contributed by atoms with Gasteiger partial charge in [-0.15, -0.1) is 0 Å². The van der Waals surface area contributed by atoms with Crippen molar-refractivity contribution in [2.75, 3.05) is 19.8 Å². The lowest BCUT2D eigenvalue weighted by molar-refractivity contribution is -0.121. The quantitative estimate of drug-likeness (QED) is 0.799. The van der Waals surface area contributed by atoms with E-state index in [0.29, 0.717) is 24.3 Å². The van der Waals surface area contributed by atoms with Crippen molar-refractivity contribution < 1.29 is 9.53 Å². The maximum absolute atomic E-state index is 11.8. The Balaban J connectivity index is 1.56. The van der Waals surface area contributed by atoms with Gasteiger partial charge in [-0.05, 0) is 43.9 Å². The second-order valence-corrected chi connectivity index (χ2v) is 6.19. The average molecular weight is 268 g/mol. The van der Waals surface area contributed by atoms with E-state index in [4.69, 9.17) is 10.5 Å². The largest absolute Gasteiger partial charge is 0.381 e. The Hall–Kier alpha value is -0.610. The lowest BCUT2D eigenvalue weighted by atomic mass is 9.83. The Morgan fingerprint density at radius 3 is 2.68 bits per heavy atom. The first-order chi connectivity index (χ1) is 9.24. The SMILES string of the molecule is NC1CCCC(CCC(=O)NCC2CCOCC2)C1. The summed E-state index contributed by atoms with van der Waals surface area (Å²) in [7, 11) is 0. The van der Waals surface area contributed by atoms with Crippen LogP contribution in [0.2, 0.25) is 0 Å². The number of carbonyl (C=O) groups is 1. The third-order valence-electron chi connectivity index (χ3n) is 4.53. The van der Waals surface area contributed by atoms with Gasteiger partial charge in [0, 0.05) is 32.2 Å². The van der Waals surface area contributed by atoms with Gasteiger partial charge in [0.2, 0.25) is 5.91 Å². The number of nitrogens with two attached hydrogens (primary N) is 1. The van der Waals surface area contributed by atoms with Gasteiger partial charge in [-0.25, -0.2) is 0 Å². The second-order valence-electron chi connectivity index (χ2n) is 6.19. The summed E-state index contributed by atoms with van der Waals surface area (Å²) >= 11 is 0. The molecular formula is C15H28N2O2. The van der Waals surface area contributed by atoms with E-state index < -0.39 is 0 Å². The fraction of sp³-hybridized carbons (Fsp3) is 0.933. The molecule has 110 valence electrons. The maximum atomic E-state index is 11.8. The first-order valence-electron chi connectivity index (χ1n) is 7.84. The van der Waals surface area contributed by atoms with Gasteiger partial charge < -0.3 is 15.8 Å². The molecule has 1 heterocycles. The number of nitrogens with one attached hydrogen (secondary N) is 1. The number of carbonyl (C=O) groups excluding carboxylic acids is 1. The molecule has 1 amide bonds. The molecule has 1 saturated heterocycles. The summed E-state index contributed by atoms with van der Waals surface area (Å²) in [5.41, 5.74) is 5.98. The predicted molar refractivity (Wildman–Crippen MR) is 75.7 cm³/mol. The van der Waals surface area contributed by atoms with Crippen molar-refractivity contribution in [3.05, 3.63) is 0 Å². The van der Waals surface area contributed by atoms with Crippen molar-refractivity contribution in [2.45, 2.75) is 57.4 Å². The van der Waals surface area contributed by atoms with E-state index in [1.165, 1.54) is 12.8 Å². The highest BCUT2D eigenvalue weighted by atomic mass is 16.5. The molecule has 2 aliphatic rings. The molecule has 2 unspecified atom stereocenters. The number of hydrogen-bond acceptors (Lipinski definition) is 3. The monoisotopic (exact) mass is 268 g/mol. The molecule has 0 bridgehead atoms. The van der Waals surface area contributed by atoms with Crippen molar-refractivity contribution in [1.82, 2.24) is 5.32 Å². The van der Waals surface area contributed by atoms with Crippen LogP contribution in [0.5, 0.6) is 0 Å². The molecule has 2 atom stereocenters. The zero-order chi connectivity index (χ0) is 13.5. The number of amides is 1. The van der Waals surface area contributed by atoms with Gasteiger partial charge in [-0.1, -0.05) is 12.8 Å². The van der Waals surface area contributed by atoms with Crippen LogP contribution in [0.1, 0.15) is 51.4 Å². The highest BCUT2D eigenvalue weighted by Crippen LogP contribution is 2.26. The molecule has 3 N–H and O–H groups in total. The van der Waals surface area contributed by atoms with Crippen LogP contribution >= 0.6 is 0 Å². The van der Waals surface area contributed by atoms with Gasteiger partial charge in [0.25, 0.3) is 0 Å². The molecule has 2 rings (SSSR count). The van der Waals surface area contributed by atoms with Crippen LogP contribution in [-0.4, -0.2) is 31.7 Å². The minimum atomic E-state index is 0.214. The topological polar surface area (TPSA) is 64.4 Å². The van der Waals surface area contributed by atoms with Crippen LogP contribution in [0, 0.1) is 11.8 Å². The van der Waals surface area contributed by atoms with E-state index in [2.05, 4.69) is 5.32 Å². The van der Waals surface area contributed by atoms with Crippen molar-refractivity contribution in [3.8, 4) is 0 Å². The van der Waals surface area contributed by atoms with Crippen molar-refractivity contribution in [3.63, 3.8) is 0 Å². The summed E-state index contributed by atoms with van der Waals surface area (Å²) in [5.74, 6) is 1.49. The average Bonchev–Trinajstić information content (AvgIpc) is 2.44. The summed E-state index contributed by atoms with van der Waals surface area (Å²) in [5, 5.41) is 3.08. The molecule has 0 aromatic rings. The molecule has 19 heavy (non-hydrogen) atoms. The van der Waals surface area contributed by atoms with E-state index >= 15 is 0 Å². The van der Waals surface area contributed by atoms with Crippen molar-refractivity contribution >= 4 is 5.91 Å². The lowest BCUT2D eigenvalue weighted by Crippen LogP contribution is -2.33. The van der Waals surface area contributed by atoms with E-state index in [-0.39, 0.29) is 5.91 Å². The molecular weight excluding hydrogens is 240 g/mol. The Labute approximate surface area is 116 Å². The number of rotatable bonds is 5. The van der Waals surface area contributed by atoms with Gasteiger partial charge in [0.05, 0.1) is 0 Å². The van der Waals surface area contributed by atoms with Gasteiger partial charge >= 0.3 is 0 Å². The fourth-order valence-electron chi connectivity index (χ4n) is 3.23. The zero-order valence-electron chi connectivity index (χ0n) is 11.9. The van der Waals surface area contributed by atoms with Crippen LogP contribution in [0.4, 0.5) is 0 Å². The van der Waals surface area contributed by atoms with Crippen molar-refractivity contribution in [1.29, 1.82) is 0 Å². The first-order valence-corrected chi connectivity index (χ1v) is 7.84. The molecule has 4 nitrogen and oxygen atoms in total. The highest BCUT2D eigenvalue weighted by Gasteiger charge is 2.20. The van der Waals surface area contributed by atoms with Gasteiger partial charge in [-0.3, -0.25) is 4.79 Å². The molecule has 0 spiro atoms. The second kappa shape index (κ2) is 7.85. The van der Waals surface area contributed by atoms with Gasteiger partial charge in [0.1, 0.15) is 0 Å². The maximum Gasteiger partial charge on any atom is 0.220 e. The molecule has 0 aromatic heterocycles. The lowest BCUT2D eigenvalue weighted by Gasteiger charge is -2.26. The van der Waals surface area contributed by atoms with E-state index in [9.17, 15) is 4.79 Å². The summed E-state index contributed by atoms with van der Waals surface area (Å²) in [6, 6.07) is 0.365. The molecule has 4 heteroatoms.